The number of aliphatic hydroxyl groups excluding tert-OH is 9. The van der Waals surface area contributed by atoms with Crippen molar-refractivity contribution in [3.63, 3.8) is 0 Å². The quantitative estimate of drug-likeness (QED) is 0.0691. The molecule has 0 aliphatic carbocycles. The molecular formula is C35H73NO16. The van der Waals surface area contributed by atoms with Gasteiger partial charge in [0.25, 0.3) is 0 Å². The van der Waals surface area contributed by atoms with E-state index in [9.17, 15) is 46.0 Å². The first-order valence-electron chi connectivity index (χ1n) is 18.8. The fourth-order valence-corrected chi connectivity index (χ4v) is 5.02. The van der Waals surface area contributed by atoms with Crippen LogP contribution in [0.2, 0.25) is 0 Å². The molecule has 10 N–H and O–H groups in total. The molecule has 3 aliphatic rings. The minimum atomic E-state index is -1.86. The lowest BCUT2D eigenvalue weighted by Gasteiger charge is -2.48. The number of hydrogen-bond acceptors (Lipinski definition) is 17. The summed E-state index contributed by atoms with van der Waals surface area (Å²) in [6.07, 6.45) is -19.4. The Hall–Kier alpha value is -0.680. The van der Waals surface area contributed by atoms with Crippen LogP contribution < -0.4 is 5.32 Å². The maximum absolute atomic E-state index is 11.1. The Morgan fingerprint density at radius 1 is 0.596 bits per heavy atom. The van der Waals surface area contributed by atoms with Crippen LogP contribution in [0.15, 0.2) is 0 Å². The number of rotatable bonds is 16. The molecule has 15 unspecified atom stereocenters. The second kappa shape index (κ2) is 27.0. The average Bonchev–Trinajstić information content (AvgIpc) is 3.16. The number of ether oxygens (including phenoxy) is 7. The minimum Gasteiger partial charge on any atom is -0.394 e. The van der Waals surface area contributed by atoms with Crippen LogP contribution in [-0.4, -0.2) is 178 Å². The van der Waals surface area contributed by atoms with Gasteiger partial charge in [-0.3, -0.25) is 5.32 Å². The van der Waals surface area contributed by atoms with E-state index in [1.165, 1.54) is 12.8 Å². The molecule has 0 saturated carbocycles. The van der Waals surface area contributed by atoms with E-state index in [-0.39, 0.29) is 13.3 Å². The molecule has 0 bridgehead atoms. The van der Waals surface area contributed by atoms with Crippen molar-refractivity contribution in [3.05, 3.63) is 0 Å². The second-order valence-electron chi connectivity index (χ2n) is 13.1. The summed E-state index contributed by atoms with van der Waals surface area (Å²) in [5, 5.41) is 96.6. The van der Waals surface area contributed by atoms with Gasteiger partial charge >= 0.3 is 0 Å². The lowest BCUT2D eigenvalue weighted by molar-refractivity contribution is -0.381. The lowest BCUT2D eigenvalue weighted by atomic mass is 9.88. The van der Waals surface area contributed by atoms with Crippen LogP contribution >= 0.6 is 0 Å². The van der Waals surface area contributed by atoms with Crippen LogP contribution in [0.3, 0.4) is 0 Å². The second-order valence-corrected chi connectivity index (χ2v) is 13.1. The van der Waals surface area contributed by atoms with Gasteiger partial charge < -0.3 is 79.1 Å². The third-order valence-electron chi connectivity index (χ3n) is 9.13. The molecule has 3 heterocycles. The van der Waals surface area contributed by atoms with E-state index in [1.54, 1.807) is 7.05 Å². The highest BCUT2D eigenvalue weighted by molar-refractivity contribution is 4.96. The third-order valence-corrected chi connectivity index (χ3v) is 9.13. The fourth-order valence-electron chi connectivity index (χ4n) is 5.02. The summed E-state index contributed by atoms with van der Waals surface area (Å²) in [7, 11) is 1.57. The molecule has 314 valence electrons. The Balaban J connectivity index is 0.00000208. The SMILES string of the molecule is CC.CC.CCC(C)(C)CC.CCCCOCC1OC(OC2C(O)C(CO)OC(OC3C(O)C(CO)OC(OCNC)C3O)C2O)C(O)C(O)C1O. The highest BCUT2D eigenvalue weighted by atomic mass is 16.8. The zero-order valence-electron chi connectivity index (χ0n) is 32.9. The monoisotopic (exact) mass is 763 g/mol. The van der Waals surface area contributed by atoms with Crippen LogP contribution in [0.4, 0.5) is 0 Å². The molecule has 3 saturated heterocycles. The van der Waals surface area contributed by atoms with Crippen molar-refractivity contribution in [1.29, 1.82) is 0 Å². The van der Waals surface area contributed by atoms with E-state index in [1.807, 2.05) is 34.6 Å². The highest BCUT2D eigenvalue weighted by Gasteiger charge is 2.53. The first kappa shape index (κ1) is 51.3. The average molecular weight is 764 g/mol. The van der Waals surface area contributed by atoms with E-state index < -0.39 is 105 Å². The Labute approximate surface area is 310 Å². The molecule has 0 aromatic carbocycles. The highest BCUT2D eigenvalue weighted by Crippen LogP contribution is 2.33. The van der Waals surface area contributed by atoms with Crippen molar-refractivity contribution in [2.45, 2.75) is 180 Å². The standard InChI is InChI=1S/C24H45NO16.C7H16.2C2H6/c1-3-4-5-35-8-12-13(28)16(31)17(32)23(39-12)40-21-15(30)11(7-27)38-24(19(21)34)41-20-14(29)10(6-26)37-22(18(20)33)36-9-25-2;1-5-7(3,4)6-2;2*1-2/h10-34H,3-9H2,1-2H3;5-6H2,1-4H3;2*1-2H3. The molecular weight excluding hydrogens is 690 g/mol. The van der Waals surface area contributed by atoms with Gasteiger partial charge in [0.1, 0.15) is 73.2 Å². The normalized spacial score (nSPS) is 37.8. The van der Waals surface area contributed by atoms with Crippen molar-refractivity contribution in [2.24, 2.45) is 5.41 Å². The Bertz CT molecular complexity index is 871. The predicted molar refractivity (Wildman–Crippen MR) is 190 cm³/mol. The number of unbranched alkanes of at least 4 members (excludes halogenated alkanes) is 1. The van der Waals surface area contributed by atoms with Crippen LogP contribution in [-0.2, 0) is 33.2 Å². The summed E-state index contributed by atoms with van der Waals surface area (Å²) in [6, 6.07) is 0. The molecule has 17 heteroatoms. The lowest BCUT2D eigenvalue weighted by Crippen LogP contribution is -2.67. The summed E-state index contributed by atoms with van der Waals surface area (Å²) in [5.74, 6) is 0. The van der Waals surface area contributed by atoms with Gasteiger partial charge in [-0.1, -0.05) is 81.6 Å². The maximum Gasteiger partial charge on any atom is 0.188 e. The number of aliphatic hydroxyl groups is 9. The van der Waals surface area contributed by atoms with Gasteiger partial charge in [-0.15, -0.1) is 0 Å². The van der Waals surface area contributed by atoms with Gasteiger partial charge in [-0.25, -0.2) is 0 Å². The van der Waals surface area contributed by atoms with Gasteiger partial charge in [-0.05, 0) is 18.9 Å². The largest absolute Gasteiger partial charge is 0.394 e. The van der Waals surface area contributed by atoms with Crippen molar-refractivity contribution in [2.75, 3.05) is 40.2 Å². The van der Waals surface area contributed by atoms with Crippen LogP contribution in [0.25, 0.3) is 0 Å². The fraction of sp³-hybridized carbons (Fsp3) is 1.00. The van der Waals surface area contributed by atoms with Crippen LogP contribution in [0, 0.1) is 5.41 Å². The Morgan fingerprint density at radius 3 is 1.46 bits per heavy atom. The molecule has 0 amide bonds. The van der Waals surface area contributed by atoms with Gasteiger partial charge in [0, 0.05) is 6.61 Å². The molecule has 52 heavy (non-hydrogen) atoms. The van der Waals surface area contributed by atoms with E-state index in [4.69, 9.17) is 33.2 Å². The minimum absolute atomic E-state index is 0.0607. The van der Waals surface area contributed by atoms with E-state index in [2.05, 4.69) is 33.0 Å². The van der Waals surface area contributed by atoms with E-state index in [0.29, 0.717) is 12.0 Å². The third kappa shape index (κ3) is 15.1. The topological polar surface area (TPSA) is 259 Å². The predicted octanol–water partition coefficient (Wildman–Crippen LogP) is -0.662. The molecule has 0 aromatic heterocycles. The van der Waals surface area contributed by atoms with Crippen molar-refractivity contribution < 1.29 is 79.1 Å². The zero-order valence-corrected chi connectivity index (χ0v) is 32.9. The van der Waals surface area contributed by atoms with Crippen molar-refractivity contribution >= 4 is 0 Å². The maximum atomic E-state index is 11.1. The Morgan fingerprint density at radius 2 is 1.04 bits per heavy atom. The zero-order chi connectivity index (χ0) is 40.2. The number of hydrogen-bond donors (Lipinski definition) is 10. The summed E-state index contributed by atoms with van der Waals surface area (Å²) in [6.45, 7) is 17.8. The van der Waals surface area contributed by atoms with Crippen molar-refractivity contribution in [1.82, 2.24) is 5.32 Å². The van der Waals surface area contributed by atoms with Crippen molar-refractivity contribution in [3.8, 4) is 0 Å². The molecule has 15 atom stereocenters. The first-order chi connectivity index (χ1) is 24.7. The van der Waals surface area contributed by atoms with Gasteiger partial charge in [-0.2, -0.15) is 0 Å². The summed E-state index contributed by atoms with van der Waals surface area (Å²) in [5.41, 5.74) is 0.583. The van der Waals surface area contributed by atoms with Crippen LogP contribution in [0.5, 0.6) is 0 Å². The van der Waals surface area contributed by atoms with E-state index in [0.717, 1.165) is 12.8 Å². The van der Waals surface area contributed by atoms with Gasteiger partial charge in [0.2, 0.25) is 0 Å². The molecule has 3 aliphatic heterocycles. The summed E-state index contributed by atoms with van der Waals surface area (Å²) < 4.78 is 38.6. The smallest absolute Gasteiger partial charge is 0.188 e. The van der Waals surface area contributed by atoms with E-state index >= 15 is 0 Å². The molecule has 0 radical (unpaired) electrons. The molecule has 0 spiro atoms. The Kier molecular flexibility index (Phi) is 26.7. The molecule has 17 nitrogen and oxygen atoms in total. The molecule has 3 rings (SSSR count). The summed E-state index contributed by atoms with van der Waals surface area (Å²) >= 11 is 0. The first-order valence-corrected chi connectivity index (χ1v) is 18.8. The number of nitrogens with one attached hydrogen (secondary N) is 1. The molecule has 0 aromatic rings. The van der Waals surface area contributed by atoms with Crippen LogP contribution in [0.1, 0.15) is 88.0 Å². The molecule has 3 fully saturated rings. The summed E-state index contributed by atoms with van der Waals surface area (Å²) in [4.78, 5) is 0. The van der Waals surface area contributed by atoms with Gasteiger partial charge in [0.15, 0.2) is 18.9 Å². The van der Waals surface area contributed by atoms with Gasteiger partial charge in [0.05, 0.1) is 26.6 Å².